The summed E-state index contributed by atoms with van der Waals surface area (Å²) in [4.78, 5) is 1.60. The molecule has 0 heterocycles. The molecule has 1 rings (SSSR count). The Hall–Kier alpha value is -1.07. The van der Waals surface area contributed by atoms with Crippen LogP contribution in [0.1, 0.15) is 13.8 Å². The number of rotatable bonds is 6. The summed E-state index contributed by atoms with van der Waals surface area (Å²) >= 11 is 3.12. The first-order valence-corrected chi connectivity index (χ1v) is 8.09. The molecule has 0 atom stereocenters. The Balaban J connectivity index is 2.64. The molecule has 104 valence electrons. The minimum Gasteiger partial charge on any atom is -0.271 e. The zero-order valence-electron chi connectivity index (χ0n) is 10.9. The first kappa shape index (κ1) is 16.0. The van der Waals surface area contributed by atoms with Crippen LogP contribution < -0.4 is 9.44 Å². The summed E-state index contributed by atoms with van der Waals surface area (Å²) in [6.07, 6.45) is 1.80. The van der Waals surface area contributed by atoms with Gasteiger partial charge in [0.25, 0.3) is 10.2 Å². The van der Waals surface area contributed by atoms with Crippen molar-refractivity contribution in [3.8, 4) is 0 Å². The minimum absolute atomic E-state index is 0.281. The number of hydrogen-bond acceptors (Lipinski definition) is 2. The van der Waals surface area contributed by atoms with Gasteiger partial charge in [-0.1, -0.05) is 48.0 Å². The fraction of sp³-hybridized carbons (Fsp3) is 0.308. The highest BCUT2D eigenvalue weighted by Gasteiger charge is 2.18. The summed E-state index contributed by atoms with van der Waals surface area (Å²) in [5.41, 5.74) is 3.09. The van der Waals surface area contributed by atoms with Gasteiger partial charge in [-0.05, 0) is 18.2 Å². The summed E-state index contributed by atoms with van der Waals surface area (Å²) in [7, 11) is -3.56. The lowest BCUT2D eigenvalue weighted by Crippen LogP contribution is -2.36. The van der Waals surface area contributed by atoms with E-state index >= 15 is 0 Å². The van der Waals surface area contributed by atoms with E-state index in [1.54, 1.807) is 35.3 Å². The van der Waals surface area contributed by atoms with E-state index in [1.807, 2.05) is 19.9 Å². The van der Waals surface area contributed by atoms with Crippen molar-refractivity contribution in [1.82, 2.24) is 4.72 Å². The SMILES string of the molecule is CC(C)(C=C=CBr)CNS(=O)(=O)Nc1ccccc1. The Kier molecular flexibility index (Phi) is 5.82. The molecule has 0 unspecified atom stereocenters. The molecule has 0 saturated carbocycles. The number of benzene rings is 1. The van der Waals surface area contributed by atoms with Gasteiger partial charge < -0.3 is 0 Å². The van der Waals surface area contributed by atoms with Gasteiger partial charge >= 0.3 is 0 Å². The van der Waals surface area contributed by atoms with E-state index in [1.165, 1.54) is 0 Å². The van der Waals surface area contributed by atoms with E-state index in [9.17, 15) is 8.42 Å². The third-order valence-electron chi connectivity index (χ3n) is 2.28. The molecular formula is C13H17BrN2O2S. The quantitative estimate of drug-likeness (QED) is 0.779. The second kappa shape index (κ2) is 6.91. The monoisotopic (exact) mass is 344 g/mol. The van der Waals surface area contributed by atoms with Crippen LogP contribution in [0.25, 0.3) is 0 Å². The van der Waals surface area contributed by atoms with Gasteiger partial charge in [0.05, 0.1) is 0 Å². The maximum atomic E-state index is 11.8. The van der Waals surface area contributed by atoms with Gasteiger partial charge in [0.2, 0.25) is 0 Å². The molecule has 2 N–H and O–H groups in total. The van der Waals surface area contributed by atoms with Crippen molar-refractivity contribution in [1.29, 1.82) is 0 Å². The molecule has 0 fully saturated rings. The smallest absolute Gasteiger partial charge is 0.271 e. The molecule has 0 radical (unpaired) electrons. The number of anilines is 1. The molecule has 0 spiro atoms. The molecule has 0 aliphatic heterocycles. The lowest BCUT2D eigenvalue weighted by Gasteiger charge is -2.20. The minimum atomic E-state index is -3.56. The van der Waals surface area contributed by atoms with Gasteiger partial charge in [-0.2, -0.15) is 13.1 Å². The lowest BCUT2D eigenvalue weighted by atomic mass is 9.94. The van der Waals surface area contributed by atoms with E-state index in [-0.39, 0.29) is 12.0 Å². The van der Waals surface area contributed by atoms with Gasteiger partial charge in [-0.25, -0.2) is 0 Å². The molecule has 4 nitrogen and oxygen atoms in total. The van der Waals surface area contributed by atoms with Gasteiger partial charge in [-0.15, -0.1) is 5.73 Å². The zero-order valence-corrected chi connectivity index (χ0v) is 13.3. The number of hydrogen-bond donors (Lipinski definition) is 2. The Bertz CT molecular complexity index is 562. The molecule has 1 aromatic rings. The maximum Gasteiger partial charge on any atom is 0.299 e. The van der Waals surface area contributed by atoms with E-state index in [2.05, 4.69) is 31.1 Å². The van der Waals surface area contributed by atoms with Crippen molar-refractivity contribution in [2.75, 3.05) is 11.3 Å². The maximum absolute atomic E-state index is 11.8. The lowest BCUT2D eigenvalue weighted by molar-refractivity contribution is 0.467. The van der Waals surface area contributed by atoms with E-state index < -0.39 is 10.2 Å². The van der Waals surface area contributed by atoms with Crippen LogP contribution in [-0.4, -0.2) is 15.0 Å². The Morgan fingerprint density at radius 2 is 1.95 bits per heavy atom. The van der Waals surface area contributed by atoms with Crippen molar-refractivity contribution in [3.05, 3.63) is 47.1 Å². The second-order valence-electron chi connectivity index (χ2n) is 4.70. The predicted octanol–water partition coefficient (Wildman–Crippen LogP) is 3.02. The van der Waals surface area contributed by atoms with Crippen molar-refractivity contribution in [2.24, 2.45) is 5.41 Å². The molecule has 1 aromatic carbocycles. The van der Waals surface area contributed by atoms with Crippen LogP contribution in [0.5, 0.6) is 0 Å². The third-order valence-corrected chi connectivity index (χ3v) is 3.57. The first-order chi connectivity index (χ1) is 8.85. The molecule has 0 saturated heterocycles. The topological polar surface area (TPSA) is 58.2 Å². The summed E-state index contributed by atoms with van der Waals surface area (Å²) in [6, 6.07) is 8.75. The predicted molar refractivity (Wildman–Crippen MR) is 82.3 cm³/mol. The molecule has 0 bridgehead atoms. The molecule has 0 aliphatic carbocycles. The summed E-state index contributed by atoms with van der Waals surface area (Å²) < 4.78 is 28.7. The van der Waals surface area contributed by atoms with E-state index in [0.29, 0.717) is 5.69 Å². The highest BCUT2D eigenvalue weighted by molar-refractivity contribution is 9.11. The highest BCUT2D eigenvalue weighted by atomic mass is 79.9. The standard InChI is InChI=1S/C13H17BrN2O2S/c1-13(2,9-6-10-14)11-15-19(17,18)16-12-7-4-3-5-8-12/h3-5,7-10,15-16H,11H2,1-2H3. The van der Waals surface area contributed by atoms with E-state index in [4.69, 9.17) is 0 Å². The average molecular weight is 345 g/mol. The summed E-state index contributed by atoms with van der Waals surface area (Å²) in [5.74, 6) is 0. The van der Waals surface area contributed by atoms with Crippen LogP contribution in [-0.2, 0) is 10.2 Å². The fourth-order valence-electron chi connectivity index (χ4n) is 1.29. The molecule has 0 aromatic heterocycles. The van der Waals surface area contributed by atoms with Gasteiger partial charge in [0.15, 0.2) is 0 Å². The van der Waals surface area contributed by atoms with Gasteiger partial charge in [0.1, 0.15) is 0 Å². The first-order valence-electron chi connectivity index (χ1n) is 5.69. The van der Waals surface area contributed by atoms with E-state index in [0.717, 1.165) is 0 Å². The van der Waals surface area contributed by atoms with Crippen molar-refractivity contribution < 1.29 is 8.42 Å². The van der Waals surface area contributed by atoms with Crippen LogP contribution in [0.4, 0.5) is 5.69 Å². The largest absolute Gasteiger partial charge is 0.299 e. The van der Waals surface area contributed by atoms with Gasteiger partial charge in [0, 0.05) is 22.6 Å². The Morgan fingerprint density at radius 1 is 1.32 bits per heavy atom. The zero-order chi connectivity index (χ0) is 14.4. The van der Waals surface area contributed by atoms with Crippen LogP contribution in [0.3, 0.4) is 0 Å². The van der Waals surface area contributed by atoms with Crippen LogP contribution in [0.15, 0.2) is 47.1 Å². The Morgan fingerprint density at radius 3 is 2.53 bits per heavy atom. The number of nitrogens with one attached hydrogen (secondary N) is 2. The van der Waals surface area contributed by atoms with Crippen LogP contribution in [0, 0.1) is 5.41 Å². The fourth-order valence-corrected chi connectivity index (χ4v) is 2.50. The molecular weight excluding hydrogens is 328 g/mol. The summed E-state index contributed by atoms with van der Waals surface area (Å²) in [6.45, 7) is 4.12. The molecule has 19 heavy (non-hydrogen) atoms. The van der Waals surface area contributed by atoms with Gasteiger partial charge in [-0.3, -0.25) is 4.72 Å². The summed E-state index contributed by atoms with van der Waals surface area (Å²) in [5, 5.41) is 0. The van der Waals surface area contributed by atoms with Crippen LogP contribution >= 0.6 is 15.9 Å². The molecule has 0 aliphatic rings. The number of para-hydroxylation sites is 1. The number of halogens is 1. The van der Waals surface area contributed by atoms with Crippen molar-refractivity contribution in [3.63, 3.8) is 0 Å². The highest BCUT2D eigenvalue weighted by Crippen LogP contribution is 2.15. The van der Waals surface area contributed by atoms with Crippen molar-refractivity contribution in [2.45, 2.75) is 13.8 Å². The molecule has 6 heteroatoms. The Labute approximate surface area is 122 Å². The van der Waals surface area contributed by atoms with Crippen LogP contribution in [0.2, 0.25) is 0 Å². The third kappa shape index (κ3) is 6.59. The molecule has 0 amide bonds. The second-order valence-corrected chi connectivity index (χ2v) is 6.66. The van der Waals surface area contributed by atoms with Crippen molar-refractivity contribution >= 4 is 31.8 Å². The average Bonchev–Trinajstić information content (AvgIpc) is 2.35. The normalized spacial score (nSPS) is 11.5.